The van der Waals surface area contributed by atoms with E-state index in [0.29, 0.717) is 6.67 Å². The molecule has 0 bridgehead atoms. The van der Waals surface area contributed by atoms with E-state index in [0.717, 1.165) is 5.76 Å². The van der Waals surface area contributed by atoms with E-state index in [4.69, 9.17) is 39.7 Å². The largest absolute Gasteiger partial charge is 0.465 e. The highest BCUT2D eigenvalue weighted by Gasteiger charge is 2.34. The lowest BCUT2D eigenvalue weighted by atomic mass is 10.3. The van der Waals surface area contributed by atoms with Gasteiger partial charge in [0.1, 0.15) is 11.9 Å². The summed E-state index contributed by atoms with van der Waals surface area (Å²) in [7, 11) is 0. The van der Waals surface area contributed by atoms with Crippen LogP contribution in [0.4, 0.5) is 0 Å². The van der Waals surface area contributed by atoms with Crippen LogP contribution >= 0.6 is 35.3 Å². The predicted octanol–water partition coefficient (Wildman–Crippen LogP) is 3.30. The van der Waals surface area contributed by atoms with Crippen LogP contribution in [0.3, 0.4) is 0 Å². The van der Waals surface area contributed by atoms with Gasteiger partial charge in [0.2, 0.25) is 0 Å². The molecule has 2 rings (SSSR count). The molecule has 1 aliphatic rings. The topological polar surface area (TPSA) is 22.9 Å². The molecule has 0 aliphatic carbocycles. The second-order valence-electron chi connectivity index (χ2n) is 3.71. The summed E-state index contributed by atoms with van der Waals surface area (Å²) in [4.78, 5) is 0. The van der Waals surface area contributed by atoms with Crippen LogP contribution in [0.1, 0.15) is 12.7 Å². The highest BCUT2D eigenvalue weighted by molar-refractivity contribution is 6.18. The minimum Gasteiger partial charge on any atom is -0.465 e. The highest BCUT2D eigenvalue weighted by Crippen LogP contribution is 2.26. The van der Waals surface area contributed by atoms with Gasteiger partial charge in [-0.1, -0.05) is 0 Å². The number of furan rings is 1. The molecule has 2 unspecified atom stereocenters. The lowest BCUT2D eigenvalue weighted by Gasteiger charge is -2.42. The fraction of sp³-hybridized carbons (Fsp3) is 0.400. The van der Waals surface area contributed by atoms with E-state index in [1.54, 1.807) is 10.7 Å². The Kier molecular flexibility index (Phi) is 4.36. The molecule has 7 heteroatoms. The van der Waals surface area contributed by atoms with Crippen molar-refractivity contribution in [2.75, 3.05) is 6.67 Å². The third-order valence-corrected chi connectivity index (χ3v) is 3.73. The van der Waals surface area contributed by atoms with Crippen molar-refractivity contribution in [1.82, 2.24) is 13.3 Å². The van der Waals surface area contributed by atoms with Crippen LogP contribution in [0.25, 0.3) is 6.08 Å². The molecule has 0 radical (unpaired) electrons. The van der Waals surface area contributed by atoms with Crippen molar-refractivity contribution in [2.24, 2.45) is 0 Å². The molecule has 2 atom stereocenters. The zero-order chi connectivity index (χ0) is 12.4. The van der Waals surface area contributed by atoms with Crippen LogP contribution in [-0.2, 0) is 0 Å². The summed E-state index contributed by atoms with van der Waals surface area (Å²) in [6, 6.07) is 3.67. The first kappa shape index (κ1) is 13.2. The van der Waals surface area contributed by atoms with Gasteiger partial charge < -0.3 is 4.42 Å². The SMILES string of the molecule is CC1N(Cl)CN(Cl)C(C=Cc2ccco2)N1Cl. The quantitative estimate of drug-likeness (QED) is 0.781. The maximum atomic E-state index is 6.16. The first-order valence-corrected chi connectivity index (χ1v) is 6.11. The Balaban J connectivity index is 2.09. The van der Waals surface area contributed by atoms with Gasteiger partial charge in [-0.05, 0) is 66.5 Å². The second-order valence-corrected chi connectivity index (χ2v) is 4.96. The fourth-order valence-electron chi connectivity index (χ4n) is 1.53. The number of hydrogen-bond acceptors (Lipinski definition) is 4. The van der Waals surface area contributed by atoms with E-state index in [1.807, 2.05) is 31.2 Å². The van der Waals surface area contributed by atoms with Crippen LogP contribution in [-0.4, -0.2) is 32.3 Å². The highest BCUT2D eigenvalue weighted by atomic mass is 35.5. The monoisotopic (exact) mass is 295 g/mol. The standard InChI is InChI=1S/C10H12Cl3N3O/c1-8-14(11)7-15(12)10(16(8)13)5-4-9-3-2-6-17-9/h2-6,8,10H,7H2,1H3. The van der Waals surface area contributed by atoms with Gasteiger partial charge in [0, 0.05) is 0 Å². The summed E-state index contributed by atoms with van der Waals surface area (Å²) < 4.78 is 9.78. The summed E-state index contributed by atoms with van der Waals surface area (Å²) in [5.74, 6) is 0.751. The van der Waals surface area contributed by atoms with E-state index < -0.39 is 0 Å². The van der Waals surface area contributed by atoms with Gasteiger partial charge in [-0.25, -0.2) is 0 Å². The maximum absolute atomic E-state index is 6.16. The van der Waals surface area contributed by atoms with Crippen molar-refractivity contribution < 1.29 is 4.42 Å². The van der Waals surface area contributed by atoms with Crippen molar-refractivity contribution in [3.05, 3.63) is 30.2 Å². The Labute approximate surface area is 115 Å². The Morgan fingerprint density at radius 1 is 1.35 bits per heavy atom. The van der Waals surface area contributed by atoms with Crippen molar-refractivity contribution in [1.29, 1.82) is 0 Å². The van der Waals surface area contributed by atoms with E-state index >= 15 is 0 Å². The lowest BCUT2D eigenvalue weighted by Crippen LogP contribution is -2.55. The van der Waals surface area contributed by atoms with E-state index in [-0.39, 0.29) is 12.3 Å². The van der Waals surface area contributed by atoms with Crippen LogP contribution < -0.4 is 0 Å². The first-order valence-electron chi connectivity index (χ1n) is 5.10. The number of nitrogens with zero attached hydrogens (tertiary/aromatic N) is 3. The molecule has 94 valence electrons. The maximum Gasteiger partial charge on any atom is 0.126 e. The minimum atomic E-state index is -0.242. The molecular weight excluding hydrogens is 284 g/mol. The number of hydrogen-bond donors (Lipinski definition) is 0. The summed E-state index contributed by atoms with van der Waals surface area (Å²) in [6.45, 7) is 2.32. The van der Waals surface area contributed by atoms with Crippen molar-refractivity contribution >= 4 is 41.4 Å². The molecule has 1 aromatic heterocycles. The van der Waals surface area contributed by atoms with Gasteiger partial charge >= 0.3 is 0 Å². The van der Waals surface area contributed by atoms with Crippen LogP contribution in [0.2, 0.25) is 0 Å². The van der Waals surface area contributed by atoms with E-state index in [2.05, 4.69) is 0 Å². The lowest BCUT2D eigenvalue weighted by molar-refractivity contribution is 0.0367. The molecule has 1 aromatic rings. The molecule has 2 heterocycles. The summed E-state index contributed by atoms with van der Waals surface area (Å²) in [6.07, 6.45) is 4.94. The molecular formula is C10H12Cl3N3O. The van der Waals surface area contributed by atoms with Crippen LogP contribution in [0, 0.1) is 0 Å². The first-order chi connectivity index (χ1) is 8.09. The van der Waals surface area contributed by atoms with Gasteiger partial charge in [-0.15, -0.1) is 0 Å². The van der Waals surface area contributed by atoms with E-state index in [1.165, 1.54) is 8.84 Å². The Bertz CT molecular complexity index is 384. The molecule has 1 aliphatic heterocycles. The summed E-state index contributed by atoms with van der Waals surface area (Å²) in [5.41, 5.74) is 0. The molecule has 17 heavy (non-hydrogen) atoms. The second kappa shape index (κ2) is 5.61. The van der Waals surface area contributed by atoms with Gasteiger partial charge in [0.15, 0.2) is 0 Å². The zero-order valence-electron chi connectivity index (χ0n) is 9.13. The smallest absolute Gasteiger partial charge is 0.126 e. The normalized spacial score (nSPS) is 29.2. The summed E-state index contributed by atoms with van der Waals surface area (Å²) in [5, 5.41) is 0. The third-order valence-electron chi connectivity index (χ3n) is 2.55. The van der Waals surface area contributed by atoms with Gasteiger partial charge in [-0.2, -0.15) is 13.3 Å². The van der Waals surface area contributed by atoms with Gasteiger partial charge in [0.25, 0.3) is 0 Å². The Morgan fingerprint density at radius 2 is 2.12 bits per heavy atom. The average molecular weight is 297 g/mol. The molecule has 0 amide bonds. The molecule has 0 N–H and O–H groups in total. The number of halogens is 3. The average Bonchev–Trinajstić information content (AvgIpc) is 2.79. The van der Waals surface area contributed by atoms with Crippen molar-refractivity contribution in [3.8, 4) is 0 Å². The number of rotatable bonds is 2. The predicted molar refractivity (Wildman–Crippen MR) is 68.9 cm³/mol. The molecule has 1 fully saturated rings. The van der Waals surface area contributed by atoms with Crippen molar-refractivity contribution in [2.45, 2.75) is 19.3 Å². The summed E-state index contributed by atoms with van der Waals surface area (Å²) >= 11 is 18.2. The molecule has 0 saturated carbocycles. The zero-order valence-corrected chi connectivity index (χ0v) is 11.4. The van der Waals surface area contributed by atoms with Crippen molar-refractivity contribution in [3.63, 3.8) is 0 Å². The Hall–Kier alpha value is -0.230. The van der Waals surface area contributed by atoms with Gasteiger partial charge in [0.05, 0.1) is 19.1 Å². The molecule has 0 spiro atoms. The van der Waals surface area contributed by atoms with Crippen LogP contribution in [0.15, 0.2) is 28.9 Å². The fourth-order valence-corrected chi connectivity index (χ4v) is 2.44. The molecule has 4 nitrogen and oxygen atoms in total. The minimum absolute atomic E-state index is 0.111. The molecule has 0 aromatic carbocycles. The third kappa shape index (κ3) is 2.96. The van der Waals surface area contributed by atoms with Gasteiger partial charge in [-0.3, -0.25) is 0 Å². The Morgan fingerprint density at radius 3 is 2.76 bits per heavy atom. The van der Waals surface area contributed by atoms with E-state index in [9.17, 15) is 0 Å². The molecule has 1 saturated heterocycles. The van der Waals surface area contributed by atoms with Crippen LogP contribution in [0.5, 0.6) is 0 Å².